The second-order valence-corrected chi connectivity index (χ2v) is 3.90. The molecule has 3 nitrogen and oxygen atoms in total. The third-order valence-corrected chi connectivity index (χ3v) is 2.70. The van der Waals surface area contributed by atoms with Gasteiger partial charge in [0, 0.05) is 18.0 Å². The van der Waals surface area contributed by atoms with E-state index in [9.17, 15) is 0 Å². The lowest BCUT2D eigenvalue weighted by molar-refractivity contribution is 1.21. The molecule has 0 aliphatic heterocycles. The predicted molar refractivity (Wildman–Crippen MR) is 71.5 cm³/mol. The lowest BCUT2D eigenvalue weighted by atomic mass is 10.2. The van der Waals surface area contributed by atoms with Crippen LogP contribution in [-0.4, -0.2) is 4.98 Å². The predicted octanol–water partition coefficient (Wildman–Crippen LogP) is 4.60. The minimum Gasteiger partial charge on any atom is -0.265 e. The van der Waals surface area contributed by atoms with Crippen molar-refractivity contribution in [2.75, 3.05) is 0 Å². The highest BCUT2D eigenvalue weighted by molar-refractivity contribution is 5.79. The number of fused-ring (bicyclic) bond motifs is 1. The molecule has 18 heavy (non-hydrogen) atoms. The first kappa shape index (κ1) is 10.6. The largest absolute Gasteiger partial charge is 0.265 e. The quantitative estimate of drug-likeness (QED) is 0.596. The molecule has 1 aromatic heterocycles. The number of hydrogen-bond donors (Lipinski definition) is 0. The van der Waals surface area contributed by atoms with Crippen LogP contribution in [0.25, 0.3) is 11.1 Å². The van der Waals surface area contributed by atoms with E-state index in [1.165, 1.54) is 5.56 Å². The standard InChI is InChI=1S/C15H11N3/c1-2-4-12-6-7-15(14(12)5-3-1)18-17-13-8-10-16-11-9-13/h1-11H. The van der Waals surface area contributed by atoms with Crippen molar-refractivity contribution >= 4 is 11.4 Å². The fourth-order valence-electron chi connectivity index (χ4n) is 1.81. The number of aromatic nitrogens is 1. The van der Waals surface area contributed by atoms with Crippen molar-refractivity contribution in [1.82, 2.24) is 4.98 Å². The molecule has 0 aromatic carbocycles. The highest BCUT2D eigenvalue weighted by Gasteiger charge is 2.06. The third kappa shape index (κ3) is 2.11. The van der Waals surface area contributed by atoms with Crippen molar-refractivity contribution in [3.63, 3.8) is 0 Å². The van der Waals surface area contributed by atoms with E-state index in [4.69, 9.17) is 0 Å². The highest BCUT2D eigenvalue weighted by atomic mass is 15.1. The van der Waals surface area contributed by atoms with Gasteiger partial charge in [0.1, 0.15) is 0 Å². The fourth-order valence-corrected chi connectivity index (χ4v) is 1.81. The first-order valence-electron chi connectivity index (χ1n) is 5.73. The van der Waals surface area contributed by atoms with Crippen LogP contribution in [0, 0.1) is 0 Å². The van der Waals surface area contributed by atoms with E-state index in [2.05, 4.69) is 33.4 Å². The van der Waals surface area contributed by atoms with Crippen LogP contribution in [0.5, 0.6) is 0 Å². The van der Waals surface area contributed by atoms with Gasteiger partial charge in [-0.25, -0.2) is 0 Å². The van der Waals surface area contributed by atoms with Gasteiger partial charge in [0.05, 0.1) is 11.4 Å². The maximum atomic E-state index is 4.29. The molecule has 0 saturated heterocycles. The molecule has 0 N–H and O–H groups in total. The topological polar surface area (TPSA) is 37.6 Å². The van der Waals surface area contributed by atoms with Crippen molar-refractivity contribution in [2.45, 2.75) is 0 Å². The van der Waals surface area contributed by atoms with Crippen molar-refractivity contribution in [3.8, 4) is 11.1 Å². The maximum absolute atomic E-state index is 4.29. The van der Waals surface area contributed by atoms with Crippen LogP contribution < -0.4 is 0 Å². The number of hydrogen-bond acceptors (Lipinski definition) is 3. The minimum absolute atomic E-state index is 0.805. The molecule has 0 spiro atoms. The molecule has 3 heteroatoms. The summed E-state index contributed by atoms with van der Waals surface area (Å²) in [5.41, 5.74) is 3.97. The third-order valence-electron chi connectivity index (χ3n) is 2.70. The van der Waals surface area contributed by atoms with Gasteiger partial charge in [0.25, 0.3) is 0 Å². The molecule has 1 aromatic rings. The van der Waals surface area contributed by atoms with E-state index >= 15 is 0 Å². The van der Waals surface area contributed by atoms with Gasteiger partial charge in [-0.1, -0.05) is 36.4 Å². The molecule has 0 unspecified atom stereocenters. The molecule has 0 radical (unpaired) electrons. The van der Waals surface area contributed by atoms with Crippen molar-refractivity contribution in [2.24, 2.45) is 10.2 Å². The monoisotopic (exact) mass is 233 g/mol. The van der Waals surface area contributed by atoms with Crippen LogP contribution in [0.4, 0.5) is 11.4 Å². The summed E-state index contributed by atoms with van der Waals surface area (Å²) in [5, 5.41) is 8.49. The summed E-state index contributed by atoms with van der Waals surface area (Å²) >= 11 is 0. The lowest BCUT2D eigenvalue weighted by Crippen LogP contribution is -1.67. The molecule has 2 aliphatic rings. The molecule has 0 atom stereocenters. The zero-order valence-corrected chi connectivity index (χ0v) is 9.69. The van der Waals surface area contributed by atoms with Gasteiger partial charge in [0.15, 0.2) is 0 Å². The highest BCUT2D eigenvalue weighted by Crippen LogP contribution is 2.34. The van der Waals surface area contributed by atoms with Gasteiger partial charge in [0.2, 0.25) is 0 Å². The Morgan fingerprint density at radius 2 is 1.56 bits per heavy atom. The second-order valence-electron chi connectivity index (χ2n) is 3.90. The molecule has 0 amide bonds. The first-order valence-corrected chi connectivity index (χ1v) is 5.73. The molecule has 86 valence electrons. The SMILES string of the molecule is c1ccc2ccc(N=Nc3ccncc3)c-2cc1. The van der Waals surface area contributed by atoms with E-state index in [-0.39, 0.29) is 0 Å². The maximum Gasteiger partial charge on any atom is 0.0935 e. The summed E-state index contributed by atoms with van der Waals surface area (Å²) in [7, 11) is 0. The Kier molecular flexibility index (Phi) is 2.80. The van der Waals surface area contributed by atoms with E-state index in [1.54, 1.807) is 12.4 Å². The first-order chi connectivity index (χ1) is 8.93. The van der Waals surface area contributed by atoms with E-state index < -0.39 is 0 Å². The van der Waals surface area contributed by atoms with Gasteiger partial charge in [-0.05, 0) is 23.8 Å². The van der Waals surface area contributed by atoms with Gasteiger partial charge >= 0.3 is 0 Å². The minimum atomic E-state index is 0.805. The average molecular weight is 233 g/mol. The summed E-state index contributed by atoms with van der Waals surface area (Å²) in [6.45, 7) is 0. The Balaban J connectivity index is 1.96. The van der Waals surface area contributed by atoms with Crippen LogP contribution >= 0.6 is 0 Å². The summed E-state index contributed by atoms with van der Waals surface area (Å²) in [6, 6.07) is 17.8. The Labute approximate surface area is 105 Å². The van der Waals surface area contributed by atoms with Gasteiger partial charge < -0.3 is 0 Å². The molecular formula is C15H11N3. The van der Waals surface area contributed by atoms with Gasteiger partial charge in [-0.15, -0.1) is 5.11 Å². The van der Waals surface area contributed by atoms with Crippen LogP contribution in [-0.2, 0) is 0 Å². The number of rotatable bonds is 2. The normalized spacial score (nSPS) is 11.1. The molecule has 0 saturated carbocycles. The summed E-state index contributed by atoms with van der Waals surface area (Å²) in [6.07, 6.45) is 3.41. The molecule has 2 aliphatic carbocycles. The molecular weight excluding hydrogens is 222 g/mol. The van der Waals surface area contributed by atoms with E-state index in [0.29, 0.717) is 0 Å². The lowest BCUT2D eigenvalue weighted by Gasteiger charge is -1.94. The van der Waals surface area contributed by atoms with Crippen molar-refractivity contribution in [1.29, 1.82) is 0 Å². The van der Waals surface area contributed by atoms with E-state index in [1.807, 2.05) is 36.4 Å². The molecule has 1 heterocycles. The Morgan fingerprint density at radius 3 is 2.44 bits per heavy atom. The van der Waals surface area contributed by atoms with Gasteiger partial charge in [-0.3, -0.25) is 4.98 Å². The molecule has 0 fully saturated rings. The average Bonchev–Trinajstić information content (AvgIpc) is 2.65. The van der Waals surface area contributed by atoms with Crippen LogP contribution in [0.15, 0.2) is 77.2 Å². The number of nitrogens with zero attached hydrogens (tertiary/aromatic N) is 3. The second kappa shape index (κ2) is 4.75. The summed E-state index contributed by atoms with van der Waals surface area (Å²) < 4.78 is 0. The Bertz CT molecular complexity index is 647. The zero-order valence-electron chi connectivity index (χ0n) is 9.69. The molecule has 3 rings (SSSR count). The van der Waals surface area contributed by atoms with E-state index in [0.717, 1.165) is 16.9 Å². The summed E-state index contributed by atoms with van der Waals surface area (Å²) in [4.78, 5) is 3.95. The summed E-state index contributed by atoms with van der Waals surface area (Å²) in [5.74, 6) is 0. The smallest absolute Gasteiger partial charge is 0.0935 e. The molecule has 0 bridgehead atoms. The van der Waals surface area contributed by atoms with Crippen LogP contribution in [0.1, 0.15) is 0 Å². The van der Waals surface area contributed by atoms with Crippen molar-refractivity contribution < 1.29 is 0 Å². The number of pyridine rings is 1. The van der Waals surface area contributed by atoms with Gasteiger partial charge in [-0.2, -0.15) is 5.11 Å². The fraction of sp³-hybridized carbons (Fsp3) is 0. The zero-order chi connectivity index (χ0) is 12.2. The van der Waals surface area contributed by atoms with Crippen LogP contribution in [0.3, 0.4) is 0 Å². The van der Waals surface area contributed by atoms with Crippen molar-refractivity contribution in [3.05, 3.63) is 67.0 Å². The number of azo groups is 1. The Morgan fingerprint density at radius 1 is 0.722 bits per heavy atom. The van der Waals surface area contributed by atoms with Crippen LogP contribution in [0.2, 0.25) is 0 Å². The Hall–Kier alpha value is -2.55.